The Morgan fingerprint density at radius 2 is 1.74 bits per heavy atom. The predicted molar refractivity (Wildman–Crippen MR) is 109 cm³/mol. The van der Waals surface area contributed by atoms with Gasteiger partial charge >= 0.3 is 0 Å². The van der Waals surface area contributed by atoms with Crippen LogP contribution in [-0.2, 0) is 14.8 Å². The molecule has 1 fully saturated rings. The third kappa shape index (κ3) is 5.71. The number of nitrogens with one attached hydrogen (secondary N) is 1. The van der Waals surface area contributed by atoms with Gasteiger partial charge in [0.2, 0.25) is 15.9 Å². The monoisotopic (exact) mass is 454 g/mol. The number of carbonyl (C=O) groups is 1. The van der Waals surface area contributed by atoms with E-state index in [-0.39, 0.29) is 31.5 Å². The fourth-order valence-electron chi connectivity index (χ4n) is 3.33. The van der Waals surface area contributed by atoms with Crippen LogP contribution in [0.2, 0.25) is 0 Å². The van der Waals surface area contributed by atoms with Crippen LogP contribution in [0.1, 0.15) is 12.8 Å². The summed E-state index contributed by atoms with van der Waals surface area (Å²) >= 11 is 0. The van der Waals surface area contributed by atoms with Crippen LogP contribution in [-0.4, -0.2) is 52.0 Å². The summed E-state index contributed by atoms with van der Waals surface area (Å²) in [7, 11) is -2.59. The van der Waals surface area contributed by atoms with Gasteiger partial charge in [-0.1, -0.05) is 0 Å². The molecule has 31 heavy (non-hydrogen) atoms. The van der Waals surface area contributed by atoms with E-state index in [0.29, 0.717) is 37.0 Å². The lowest BCUT2D eigenvalue weighted by Gasteiger charge is -2.30. The molecule has 1 N–H and O–H groups in total. The topological polar surface area (TPSA) is 84.9 Å². The van der Waals surface area contributed by atoms with Crippen molar-refractivity contribution in [2.75, 3.05) is 33.4 Å². The van der Waals surface area contributed by atoms with E-state index in [1.54, 1.807) is 31.4 Å². The van der Waals surface area contributed by atoms with Gasteiger partial charge in [-0.3, -0.25) is 4.79 Å². The number of sulfonamides is 1. The minimum Gasteiger partial charge on any atom is -0.497 e. The van der Waals surface area contributed by atoms with Crippen molar-refractivity contribution in [2.24, 2.45) is 5.92 Å². The summed E-state index contributed by atoms with van der Waals surface area (Å²) in [4.78, 5) is 11.7. The van der Waals surface area contributed by atoms with E-state index in [9.17, 15) is 22.0 Å². The zero-order valence-corrected chi connectivity index (χ0v) is 17.8. The Hall–Kier alpha value is -2.72. The van der Waals surface area contributed by atoms with Crippen molar-refractivity contribution < 1.29 is 31.5 Å². The predicted octanol–water partition coefficient (Wildman–Crippen LogP) is 2.57. The molecule has 3 rings (SSSR count). The molecule has 0 spiro atoms. The van der Waals surface area contributed by atoms with Crippen LogP contribution >= 0.6 is 0 Å². The van der Waals surface area contributed by atoms with Gasteiger partial charge in [0, 0.05) is 19.0 Å². The van der Waals surface area contributed by atoms with E-state index in [4.69, 9.17) is 9.47 Å². The molecule has 2 aromatic rings. The van der Waals surface area contributed by atoms with Crippen LogP contribution < -0.4 is 14.8 Å². The molecule has 1 aliphatic rings. The van der Waals surface area contributed by atoms with Crippen molar-refractivity contribution in [3.63, 3.8) is 0 Å². The van der Waals surface area contributed by atoms with E-state index in [1.165, 1.54) is 0 Å². The zero-order valence-electron chi connectivity index (χ0n) is 17.0. The second-order valence-corrected chi connectivity index (χ2v) is 8.97. The number of methoxy groups -OCH3 is 1. The SMILES string of the molecule is COc1ccc(OCCNC(=O)C2CCN(S(=O)(=O)c3cc(F)ccc3F)CC2)cc1. The summed E-state index contributed by atoms with van der Waals surface area (Å²) < 4.78 is 64.2. The summed E-state index contributed by atoms with van der Waals surface area (Å²) in [5.41, 5.74) is 0. The number of halogens is 2. The Morgan fingerprint density at radius 1 is 1.10 bits per heavy atom. The van der Waals surface area contributed by atoms with Crippen LogP contribution in [0.25, 0.3) is 0 Å². The largest absolute Gasteiger partial charge is 0.497 e. The molecule has 0 radical (unpaired) electrons. The Balaban J connectivity index is 1.45. The molecule has 10 heteroatoms. The van der Waals surface area contributed by atoms with Crippen LogP contribution in [0.15, 0.2) is 47.4 Å². The maximum atomic E-state index is 13.9. The van der Waals surface area contributed by atoms with Crippen LogP contribution in [0, 0.1) is 17.6 Å². The van der Waals surface area contributed by atoms with Gasteiger partial charge in [-0.2, -0.15) is 4.31 Å². The molecular weight excluding hydrogens is 430 g/mol. The molecule has 1 amide bonds. The molecule has 1 saturated heterocycles. The summed E-state index contributed by atoms with van der Waals surface area (Å²) in [5.74, 6) is -1.01. The number of hydrogen-bond donors (Lipinski definition) is 1. The highest BCUT2D eigenvalue weighted by atomic mass is 32.2. The number of nitrogens with zero attached hydrogens (tertiary/aromatic N) is 1. The van der Waals surface area contributed by atoms with Crippen molar-refractivity contribution in [1.82, 2.24) is 9.62 Å². The van der Waals surface area contributed by atoms with Gasteiger partial charge in [0.25, 0.3) is 0 Å². The molecule has 1 heterocycles. The number of ether oxygens (including phenoxy) is 2. The molecule has 0 bridgehead atoms. The third-order valence-corrected chi connectivity index (χ3v) is 6.98. The number of amides is 1. The highest BCUT2D eigenvalue weighted by molar-refractivity contribution is 7.89. The molecule has 0 saturated carbocycles. The Labute approximate surface area is 180 Å². The first-order chi connectivity index (χ1) is 14.8. The summed E-state index contributed by atoms with van der Waals surface area (Å²) in [6, 6.07) is 9.39. The third-order valence-electron chi connectivity index (χ3n) is 5.07. The molecular formula is C21H24F2N2O5S. The van der Waals surface area contributed by atoms with Crippen LogP contribution in [0.5, 0.6) is 11.5 Å². The van der Waals surface area contributed by atoms with E-state index in [0.717, 1.165) is 16.4 Å². The lowest BCUT2D eigenvalue weighted by molar-refractivity contribution is -0.126. The molecule has 0 atom stereocenters. The lowest BCUT2D eigenvalue weighted by atomic mass is 9.97. The highest BCUT2D eigenvalue weighted by Gasteiger charge is 2.33. The molecule has 0 aliphatic carbocycles. The minimum absolute atomic E-state index is 0.0543. The van der Waals surface area contributed by atoms with Crippen molar-refractivity contribution in [3.05, 3.63) is 54.1 Å². The summed E-state index contributed by atoms with van der Waals surface area (Å²) in [6.07, 6.45) is 0.586. The Bertz CT molecular complexity index is 1010. The van der Waals surface area contributed by atoms with Gasteiger partial charge in [-0.25, -0.2) is 17.2 Å². The average molecular weight is 454 g/mol. The fraction of sp³-hybridized carbons (Fsp3) is 0.381. The zero-order chi connectivity index (χ0) is 22.4. The van der Waals surface area contributed by atoms with Gasteiger partial charge in [-0.05, 0) is 55.3 Å². The van der Waals surface area contributed by atoms with Gasteiger partial charge in [0.15, 0.2) is 0 Å². The number of benzene rings is 2. The second-order valence-electron chi connectivity index (χ2n) is 7.07. The first kappa shape index (κ1) is 23.0. The van der Waals surface area contributed by atoms with Crippen LogP contribution in [0.4, 0.5) is 8.78 Å². The molecule has 1 aliphatic heterocycles. The number of rotatable bonds is 8. The van der Waals surface area contributed by atoms with Crippen molar-refractivity contribution in [2.45, 2.75) is 17.7 Å². The van der Waals surface area contributed by atoms with Crippen LogP contribution in [0.3, 0.4) is 0 Å². The number of carbonyl (C=O) groups excluding carboxylic acids is 1. The number of piperidine rings is 1. The standard InChI is InChI=1S/C21H24F2N2O5S/c1-29-17-3-5-18(6-4-17)30-13-10-24-21(26)15-8-11-25(12-9-15)31(27,28)20-14-16(22)2-7-19(20)23/h2-7,14-15H,8-13H2,1H3,(H,24,26). The number of hydrogen-bond acceptors (Lipinski definition) is 5. The molecule has 7 nitrogen and oxygen atoms in total. The normalized spacial score (nSPS) is 15.5. The molecule has 168 valence electrons. The second kappa shape index (κ2) is 10.1. The molecule has 2 aromatic carbocycles. The lowest BCUT2D eigenvalue weighted by Crippen LogP contribution is -2.43. The maximum Gasteiger partial charge on any atom is 0.246 e. The van der Waals surface area contributed by atoms with Crippen molar-refractivity contribution >= 4 is 15.9 Å². The van der Waals surface area contributed by atoms with Crippen molar-refractivity contribution in [1.29, 1.82) is 0 Å². The van der Waals surface area contributed by atoms with Gasteiger partial charge in [-0.15, -0.1) is 0 Å². The average Bonchev–Trinajstić information content (AvgIpc) is 2.78. The quantitative estimate of drug-likeness (QED) is 0.620. The van der Waals surface area contributed by atoms with E-state index >= 15 is 0 Å². The van der Waals surface area contributed by atoms with E-state index < -0.39 is 26.6 Å². The Kier molecular flexibility index (Phi) is 7.45. The highest BCUT2D eigenvalue weighted by Crippen LogP contribution is 2.26. The Morgan fingerprint density at radius 3 is 2.39 bits per heavy atom. The smallest absolute Gasteiger partial charge is 0.246 e. The van der Waals surface area contributed by atoms with Gasteiger partial charge in [0.1, 0.15) is 34.6 Å². The van der Waals surface area contributed by atoms with Crippen molar-refractivity contribution in [3.8, 4) is 11.5 Å². The van der Waals surface area contributed by atoms with E-state index in [2.05, 4.69) is 5.32 Å². The maximum absolute atomic E-state index is 13.9. The first-order valence-corrected chi connectivity index (χ1v) is 11.2. The summed E-state index contributed by atoms with van der Waals surface area (Å²) in [6.45, 7) is 0.694. The van der Waals surface area contributed by atoms with Gasteiger partial charge in [0.05, 0.1) is 13.7 Å². The molecule has 0 aromatic heterocycles. The van der Waals surface area contributed by atoms with E-state index in [1.807, 2.05) is 0 Å². The molecule has 0 unspecified atom stereocenters. The van der Waals surface area contributed by atoms with Gasteiger partial charge < -0.3 is 14.8 Å². The summed E-state index contributed by atoms with van der Waals surface area (Å²) in [5, 5.41) is 2.78. The fourth-order valence-corrected chi connectivity index (χ4v) is 4.88. The first-order valence-electron chi connectivity index (χ1n) is 9.81. The minimum atomic E-state index is -4.16.